The number of hydrogen-bond donors (Lipinski definition) is 0. The Bertz CT molecular complexity index is 849. The topological polar surface area (TPSA) is 9.23 Å². The van der Waals surface area contributed by atoms with Gasteiger partial charge in [-0.2, -0.15) is 0 Å². The van der Waals surface area contributed by atoms with Gasteiger partial charge in [0.05, 0.1) is 0 Å². The number of hydrogen-bond acceptors (Lipinski definition) is 1. The molecule has 0 saturated heterocycles. The maximum absolute atomic E-state index is 5.89. The normalized spacial score (nSPS) is 19.0. The van der Waals surface area contributed by atoms with Crippen molar-refractivity contribution in [1.82, 2.24) is 0 Å². The third-order valence-corrected chi connectivity index (χ3v) is 4.51. The first-order valence-electron chi connectivity index (χ1n) is 8.37. The Balaban J connectivity index is 1.59. The first-order valence-corrected chi connectivity index (χ1v) is 8.37. The van der Waals surface area contributed by atoms with Gasteiger partial charge in [0, 0.05) is 5.92 Å². The van der Waals surface area contributed by atoms with Crippen LogP contribution in [-0.2, 0) is 0 Å². The zero-order chi connectivity index (χ0) is 16.4. The van der Waals surface area contributed by atoms with Crippen molar-refractivity contribution < 1.29 is 4.74 Å². The Hall–Kier alpha value is -2.80. The lowest BCUT2D eigenvalue weighted by atomic mass is 9.89. The first-order chi connectivity index (χ1) is 11.8. The Labute approximate surface area is 143 Å². The summed E-state index contributed by atoms with van der Waals surface area (Å²) in [6.07, 6.45) is 12.2. The third-order valence-electron chi connectivity index (χ3n) is 4.51. The predicted octanol–water partition coefficient (Wildman–Crippen LogP) is 6.34. The molecular weight excluding hydrogens is 292 g/mol. The standard InChI is InChI=1S/C23H20O/c1-17-15-19-7-5-6-10-22(23(19)16-17)18-11-13-21(14-12-18)24-20-8-3-2-4-9-20/h2-14,16,22H,15H2,1H3. The molecule has 24 heavy (non-hydrogen) atoms. The quantitative estimate of drug-likeness (QED) is 0.643. The zero-order valence-corrected chi connectivity index (χ0v) is 13.8. The Morgan fingerprint density at radius 1 is 0.875 bits per heavy atom. The van der Waals surface area contributed by atoms with E-state index in [-0.39, 0.29) is 0 Å². The van der Waals surface area contributed by atoms with E-state index in [0.29, 0.717) is 5.92 Å². The van der Waals surface area contributed by atoms with Crippen molar-refractivity contribution in [2.24, 2.45) is 0 Å². The van der Waals surface area contributed by atoms with E-state index in [2.05, 4.69) is 61.6 Å². The number of para-hydroxylation sites is 1. The van der Waals surface area contributed by atoms with Crippen molar-refractivity contribution in [3.05, 3.63) is 107 Å². The monoisotopic (exact) mass is 312 g/mol. The molecule has 4 rings (SSSR count). The van der Waals surface area contributed by atoms with Crippen LogP contribution in [-0.4, -0.2) is 0 Å². The minimum Gasteiger partial charge on any atom is -0.457 e. The molecule has 0 aliphatic heterocycles. The molecular formula is C23H20O. The second-order valence-electron chi connectivity index (χ2n) is 6.35. The first kappa shape index (κ1) is 14.8. The third kappa shape index (κ3) is 2.98. The Kier molecular flexibility index (Phi) is 3.92. The van der Waals surface area contributed by atoms with E-state index in [1.54, 1.807) is 0 Å². The van der Waals surface area contributed by atoms with Gasteiger partial charge in [0.1, 0.15) is 11.5 Å². The Morgan fingerprint density at radius 3 is 2.42 bits per heavy atom. The predicted molar refractivity (Wildman–Crippen MR) is 99.4 cm³/mol. The van der Waals surface area contributed by atoms with Gasteiger partial charge in [0.2, 0.25) is 0 Å². The number of ether oxygens (including phenoxy) is 1. The second-order valence-corrected chi connectivity index (χ2v) is 6.35. The molecule has 0 bridgehead atoms. The highest BCUT2D eigenvalue weighted by Crippen LogP contribution is 2.39. The minimum absolute atomic E-state index is 0.318. The van der Waals surface area contributed by atoms with Gasteiger partial charge in [-0.3, -0.25) is 0 Å². The van der Waals surface area contributed by atoms with Gasteiger partial charge in [-0.15, -0.1) is 0 Å². The van der Waals surface area contributed by atoms with Crippen LogP contribution in [0.25, 0.3) is 0 Å². The van der Waals surface area contributed by atoms with E-state index in [1.807, 2.05) is 30.3 Å². The minimum atomic E-state index is 0.318. The smallest absolute Gasteiger partial charge is 0.127 e. The molecule has 0 radical (unpaired) electrons. The van der Waals surface area contributed by atoms with Crippen LogP contribution in [0.1, 0.15) is 24.8 Å². The van der Waals surface area contributed by atoms with Crippen LogP contribution in [0.15, 0.2) is 102 Å². The molecule has 1 atom stereocenters. The van der Waals surface area contributed by atoms with Crippen LogP contribution in [0.3, 0.4) is 0 Å². The van der Waals surface area contributed by atoms with Crippen molar-refractivity contribution >= 4 is 0 Å². The molecule has 0 N–H and O–H groups in total. The van der Waals surface area contributed by atoms with Crippen molar-refractivity contribution in [2.45, 2.75) is 19.3 Å². The van der Waals surface area contributed by atoms with Gasteiger partial charge in [0.25, 0.3) is 0 Å². The van der Waals surface area contributed by atoms with Crippen molar-refractivity contribution in [3.63, 3.8) is 0 Å². The highest BCUT2D eigenvalue weighted by molar-refractivity contribution is 5.54. The summed E-state index contributed by atoms with van der Waals surface area (Å²) in [7, 11) is 0. The molecule has 0 fully saturated rings. The summed E-state index contributed by atoms with van der Waals surface area (Å²) in [4.78, 5) is 0. The fourth-order valence-corrected chi connectivity index (χ4v) is 3.37. The molecule has 0 spiro atoms. The fourth-order valence-electron chi connectivity index (χ4n) is 3.37. The molecule has 118 valence electrons. The van der Waals surface area contributed by atoms with Gasteiger partial charge in [-0.25, -0.2) is 0 Å². The van der Waals surface area contributed by atoms with Crippen molar-refractivity contribution in [1.29, 1.82) is 0 Å². The summed E-state index contributed by atoms with van der Waals surface area (Å²) in [6, 6.07) is 18.3. The lowest BCUT2D eigenvalue weighted by molar-refractivity contribution is 0.482. The molecule has 1 heteroatoms. The number of allylic oxidation sites excluding steroid dienone is 8. The van der Waals surface area contributed by atoms with E-state index in [1.165, 1.54) is 22.3 Å². The van der Waals surface area contributed by atoms with E-state index in [0.717, 1.165) is 17.9 Å². The summed E-state index contributed by atoms with van der Waals surface area (Å²) < 4.78 is 5.89. The van der Waals surface area contributed by atoms with Crippen LogP contribution in [0.5, 0.6) is 11.5 Å². The van der Waals surface area contributed by atoms with Gasteiger partial charge in [-0.05, 0) is 54.3 Å². The largest absolute Gasteiger partial charge is 0.457 e. The average molecular weight is 312 g/mol. The number of benzene rings is 2. The molecule has 0 saturated carbocycles. The van der Waals surface area contributed by atoms with Gasteiger partial charge in [0.15, 0.2) is 0 Å². The maximum atomic E-state index is 5.89. The molecule has 2 aromatic carbocycles. The highest BCUT2D eigenvalue weighted by atomic mass is 16.5. The molecule has 1 nitrogen and oxygen atoms in total. The van der Waals surface area contributed by atoms with Crippen LogP contribution < -0.4 is 4.74 Å². The summed E-state index contributed by atoms with van der Waals surface area (Å²) in [5, 5.41) is 0. The molecule has 0 heterocycles. The molecule has 0 amide bonds. The lowest BCUT2D eigenvalue weighted by Gasteiger charge is -2.15. The Morgan fingerprint density at radius 2 is 1.62 bits per heavy atom. The number of rotatable bonds is 3. The van der Waals surface area contributed by atoms with Crippen LogP contribution >= 0.6 is 0 Å². The van der Waals surface area contributed by atoms with E-state index >= 15 is 0 Å². The van der Waals surface area contributed by atoms with Gasteiger partial charge >= 0.3 is 0 Å². The zero-order valence-electron chi connectivity index (χ0n) is 13.8. The van der Waals surface area contributed by atoms with Crippen molar-refractivity contribution in [3.8, 4) is 11.5 Å². The molecule has 0 aromatic heterocycles. The fraction of sp³-hybridized carbons (Fsp3) is 0.130. The van der Waals surface area contributed by atoms with Crippen LogP contribution in [0.2, 0.25) is 0 Å². The highest BCUT2D eigenvalue weighted by Gasteiger charge is 2.21. The van der Waals surface area contributed by atoms with E-state index in [4.69, 9.17) is 4.74 Å². The maximum Gasteiger partial charge on any atom is 0.127 e. The SMILES string of the molecule is CC1=CC2=C(C=CC=CC2c2ccc(Oc3ccccc3)cc2)C1. The van der Waals surface area contributed by atoms with Crippen LogP contribution in [0.4, 0.5) is 0 Å². The molecule has 2 aliphatic rings. The summed E-state index contributed by atoms with van der Waals surface area (Å²) in [5.41, 5.74) is 5.60. The van der Waals surface area contributed by atoms with Gasteiger partial charge in [-0.1, -0.05) is 66.3 Å². The summed E-state index contributed by atoms with van der Waals surface area (Å²) in [6.45, 7) is 2.21. The van der Waals surface area contributed by atoms with Crippen LogP contribution in [0, 0.1) is 0 Å². The van der Waals surface area contributed by atoms with Crippen molar-refractivity contribution in [2.75, 3.05) is 0 Å². The summed E-state index contributed by atoms with van der Waals surface area (Å²) >= 11 is 0. The van der Waals surface area contributed by atoms with E-state index in [9.17, 15) is 0 Å². The molecule has 1 unspecified atom stereocenters. The van der Waals surface area contributed by atoms with E-state index < -0.39 is 0 Å². The average Bonchev–Trinajstić information content (AvgIpc) is 2.86. The molecule has 2 aliphatic carbocycles. The summed E-state index contributed by atoms with van der Waals surface area (Å²) in [5.74, 6) is 2.05. The lowest BCUT2D eigenvalue weighted by Crippen LogP contribution is -1.98. The molecule has 2 aromatic rings. The second kappa shape index (κ2) is 6.37. The van der Waals surface area contributed by atoms with Gasteiger partial charge < -0.3 is 4.74 Å².